The van der Waals surface area contributed by atoms with Gasteiger partial charge in [-0.05, 0) is 197 Å². The van der Waals surface area contributed by atoms with E-state index in [-0.39, 0.29) is 77.1 Å². The summed E-state index contributed by atoms with van der Waals surface area (Å²) in [6.07, 6.45) is 2.57. The van der Waals surface area contributed by atoms with Gasteiger partial charge in [0, 0.05) is 45.5 Å². The quantitative estimate of drug-likeness (QED) is 0.0377. The Morgan fingerprint density at radius 2 is 0.990 bits per heavy atom. The van der Waals surface area contributed by atoms with Crippen LogP contribution >= 0.6 is 15.9 Å². The molecule has 3 saturated heterocycles. The molecule has 6 aromatic rings. The fourth-order valence-electron chi connectivity index (χ4n) is 12.3. The van der Waals surface area contributed by atoms with Crippen LogP contribution in [0.3, 0.4) is 0 Å². The van der Waals surface area contributed by atoms with E-state index < -0.39 is 55.9 Å². The zero-order chi connectivity index (χ0) is 74.0. The Kier molecular flexibility index (Phi) is 26.5. The van der Waals surface area contributed by atoms with E-state index in [1.807, 2.05) is 228 Å². The van der Waals surface area contributed by atoms with Gasteiger partial charge in [0.15, 0.2) is 12.9 Å². The lowest BCUT2D eigenvalue weighted by Gasteiger charge is -2.40. The number of benzene rings is 6. The van der Waals surface area contributed by atoms with Crippen LogP contribution in [-0.2, 0) is 28.1 Å². The van der Waals surface area contributed by atoms with Crippen molar-refractivity contribution in [2.45, 2.75) is 199 Å². The number of rotatable bonds is 17. The third-order valence-corrected chi connectivity index (χ3v) is 19.2. The van der Waals surface area contributed by atoms with Crippen LogP contribution in [0.4, 0.5) is 0 Å². The van der Waals surface area contributed by atoms with E-state index in [1.54, 1.807) is 26.0 Å². The van der Waals surface area contributed by atoms with Crippen molar-refractivity contribution in [2.75, 3.05) is 26.4 Å². The molecule has 3 unspecified atom stereocenters. The fraction of sp³-hybridized carbons (Fsp3) is 0.468. The number of hydrogen-bond donors (Lipinski definition) is 4. The number of nitriles is 1. The predicted octanol–water partition coefficient (Wildman–Crippen LogP) is 13.9. The van der Waals surface area contributed by atoms with Crippen LogP contribution in [0.15, 0.2) is 126 Å². The van der Waals surface area contributed by atoms with Crippen LogP contribution < -0.4 is 25.8 Å². The number of carbonyl (C=O) groups is 4. The highest BCUT2D eigenvalue weighted by Gasteiger charge is 2.64. The van der Waals surface area contributed by atoms with Crippen LogP contribution in [0.25, 0.3) is 0 Å². The molecule has 23 heteroatoms. The topological polar surface area (TPSA) is 237 Å². The molecule has 0 spiro atoms. The molecule has 3 atom stereocenters. The van der Waals surface area contributed by atoms with Crippen LogP contribution in [0.2, 0.25) is 0 Å². The highest BCUT2D eigenvalue weighted by molar-refractivity contribution is 9.10. The molecule has 0 saturated carbocycles. The predicted molar refractivity (Wildman–Crippen MR) is 395 cm³/mol. The zero-order valence-corrected chi connectivity index (χ0v) is 63.6. The highest BCUT2D eigenvalue weighted by Crippen LogP contribution is 2.44. The Morgan fingerprint density at radius 3 is 1.36 bits per heavy atom. The second-order valence-electron chi connectivity index (χ2n) is 30.1. The van der Waals surface area contributed by atoms with Gasteiger partial charge in [-0.1, -0.05) is 143 Å². The number of amides is 4. The molecule has 4 amide bonds. The van der Waals surface area contributed by atoms with Gasteiger partial charge in [0.2, 0.25) is 0 Å². The molecule has 534 valence electrons. The summed E-state index contributed by atoms with van der Waals surface area (Å²) in [6.45, 7) is 40.4. The van der Waals surface area contributed by atoms with E-state index in [0.29, 0.717) is 44.6 Å². The van der Waals surface area contributed by atoms with E-state index >= 15 is 0 Å². The average Bonchev–Trinajstić information content (AvgIpc) is 1.56. The van der Waals surface area contributed by atoms with Crippen molar-refractivity contribution in [3.63, 3.8) is 0 Å². The summed E-state index contributed by atoms with van der Waals surface area (Å²) in [5.41, 5.74) is 11.7. The fourth-order valence-corrected chi connectivity index (χ4v) is 12.9. The van der Waals surface area contributed by atoms with Gasteiger partial charge in [-0.2, -0.15) is 5.26 Å². The summed E-state index contributed by atoms with van der Waals surface area (Å²) in [5, 5.41) is 31.9. The second-order valence-corrected chi connectivity index (χ2v) is 31.0. The smallest absolute Gasteiger partial charge is 0.491 e. The standard InChI is InChI=1S/C35H45BN2O7.C30H32BrN3O3.C12H24B2O4/c1-23-20-24(2)22-27(21-23)34(40)38(32(35(4,5)6)26-12-8-7-9-13-26)37-33(39)28-15-16-29(36(41)42)31(25(28)3)45-19-18-44-30-14-10-11-17-43-30;1-19-16-20(2)18-23(17-19)29(36)34(27(30(4,5)6)22-10-8-7-9-11-22)33-28(35)24-12-13-25(31)26(21(24)3)37-15-14-32;1-9(2)10(3,4)16-13(15-9)14-17-11(5,6)12(7,8)18-14/h7-9,12-13,15-16,20-22,30,32,41-42H,10-11,14,17-19H2,1-6H3,(H,37,39);7-13,16-18,27H,15H2,1-6H3,(H,33,35);1-8H3. The molecule has 3 fully saturated rings. The van der Waals surface area contributed by atoms with Crippen molar-refractivity contribution < 1.29 is 66.8 Å². The number of hydrogen-bond acceptors (Lipinski definition) is 15. The number of nitrogens with zero attached hydrogens (tertiary/aromatic N) is 3. The second kappa shape index (κ2) is 33.2. The maximum absolute atomic E-state index is 14.3. The average molecular weight is 1430 g/mol. The first-order valence-corrected chi connectivity index (χ1v) is 34.9. The highest BCUT2D eigenvalue weighted by atomic mass is 79.9. The van der Waals surface area contributed by atoms with Crippen molar-refractivity contribution in [3.05, 3.63) is 193 Å². The molecule has 9 rings (SSSR count). The largest absolute Gasteiger partial charge is 0.492 e. The summed E-state index contributed by atoms with van der Waals surface area (Å²) >= 11 is 3.43. The number of aryl methyl sites for hydroxylation is 4. The monoisotopic (exact) mass is 1430 g/mol. The Morgan fingerprint density at radius 1 is 0.590 bits per heavy atom. The molecular formula is C77H101B3BrN5O14. The molecular weight excluding hydrogens is 1330 g/mol. The minimum absolute atomic E-state index is 0.114. The van der Waals surface area contributed by atoms with Crippen molar-refractivity contribution in [3.8, 4) is 17.6 Å². The number of halogens is 1. The van der Waals surface area contributed by atoms with Crippen molar-refractivity contribution >= 4 is 66.2 Å². The minimum atomic E-state index is -1.82. The Labute approximate surface area is 601 Å². The van der Waals surface area contributed by atoms with E-state index in [2.05, 4.69) is 26.8 Å². The molecule has 0 bridgehead atoms. The van der Waals surface area contributed by atoms with Crippen molar-refractivity contribution in [1.82, 2.24) is 20.9 Å². The molecule has 19 nitrogen and oxygen atoms in total. The molecule has 3 heterocycles. The third-order valence-electron chi connectivity index (χ3n) is 18.6. The van der Waals surface area contributed by atoms with E-state index in [1.165, 1.54) is 22.2 Å². The Bertz CT molecular complexity index is 3780. The van der Waals surface area contributed by atoms with E-state index in [9.17, 15) is 29.2 Å². The van der Waals surface area contributed by atoms with Gasteiger partial charge in [0.25, 0.3) is 23.6 Å². The first kappa shape index (κ1) is 80.0. The van der Waals surface area contributed by atoms with Gasteiger partial charge in [0.1, 0.15) is 24.2 Å². The molecule has 3 aliphatic heterocycles. The molecule has 0 radical (unpaired) electrons. The van der Waals surface area contributed by atoms with E-state index in [0.717, 1.165) is 52.6 Å². The van der Waals surface area contributed by atoms with Gasteiger partial charge >= 0.3 is 21.1 Å². The van der Waals surface area contributed by atoms with Crippen LogP contribution in [0.1, 0.15) is 214 Å². The normalized spacial score (nSPS) is 17.2. The maximum atomic E-state index is 14.3. The van der Waals surface area contributed by atoms with Gasteiger partial charge in [-0.15, -0.1) is 0 Å². The van der Waals surface area contributed by atoms with E-state index in [4.69, 9.17) is 42.8 Å². The molecule has 3 aliphatic rings. The lowest BCUT2D eigenvalue weighted by Crippen LogP contribution is -2.52. The Hall–Kier alpha value is -7.36. The molecule has 0 aliphatic carbocycles. The summed E-state index contributed by atoms with van der Waals surface area (Å²) in [4.78, 5) is 56.1. The van der Waals surface area contributed by atoms with Crippen molar-refractivity contribution in [2.24, 2.45) is 10.8 Å². The number of nitrogens with one attached hydrogen (secondary N) is 2. The summed E-state index contributed by atoms with van der Waals surface area (Å²) in [6, 6.07) is 37.9. The summed E-state index contributed by atoms with van der Waals surface area (Å²) < 4.78 is 47.4. The van der Waals surface area contributed by atoms with Gasteiger partial charge < -0.3 is 47.6 Å². The van der Waals surface area contributed by atoms with Crippen LogP contribution in [0, 0.1) is 63.7 Å². The number of ether oxygens (including phenoxy) is 4. The summed E-state index contributed by atoms with van der Waals surface area (Å²) in [7, 11) is -2.77. The summed E-state index contributed by atoms with van der Waals surface area (Å²) in [5.74, 6) is -1.05. The molecule has 4 N–H and O–H groups in total. The minimum Gasteiger partial charge on any atom is -0.491 e. The zero-order valence-electron chi connectivity index (χ0n) is 62.0. The van der Waals surface area contributed by atoms with Crippen LogP contribution in [0.5, 0.6) is 11.5 Å². The first-order valence-electron chi connectivity index (χ1n) is 34.1. The lowest BCUT2D eigenvalue weighted by molar-refractivity contribution is -0.165. The lowest BCUT2D eigenvalue weighted by atomic mass is 9.49. The Balaban J connectivity index is 0.000000228. The van der Waals surface area contributed by atoms with Crippen molar-refractivity contribution in [1.29, 1.82) is 5.26 Å². The van der Waals surface area contributed by atoms with Gasteiger partial charge in [-0.25, -0.2) is 10.0 Å². The molecule has 100 heavy (non-hydrogen) atoms. The SMILES string of the molecule is CC1(C)OB(B2OC(C)(C)C(C)(C)O2)OC1(C)C.Cc1cc(C)cc(C(=O)N(NC(=O)c2ccc(B(O)O)c(OCCOC3CCCCO3)c2C)C(c2ccccc2)C(C)(C)C)c1.Cc1cc(C)cc(C(=O)N(NC(=O)c2ccc(Br)c(OCC#N)c2C)C(c2ccccc2)C(C)(C)C)c1. The molecule has 0 aromatic heterocycles. The van der Waals surface area contributed by atoms with Gasteiger partial charge in [0.05, 0.1) is 45.6 Å². The number of hydrazine groups is 2. The van der Waals surface area contributed by atoms with Gasteiger partial charge in [-0.3, -0.25) is 30.0 Å². The maximum Gasteiger partial charge on any atom is 0.492 e. The van der Waals surface area contributed by atoms with Crippen LogP contribution in [-0.4, -0.2) is 120 Å². The first-order chi connectivity index (χ1) is 46.7. The number of carbonyl (C=O) groups excluding carboxylic acids is 4. The molecule has 6 aromatic carbocycles. The third kappa shape index (κ3) is 19.8.